The average molecular weight is 419 g/mol. The van der Waals surface area contributed by atoms with E-state index in [1.165, 1.54) is 9.87 Å². The number of sulfonamides is 1. The number of carbonyl (C=O) groups excluding carboxylic acids is 1. The maximum Gasteiger partial charge on any atom is 0.243 e. The van der Waals surface area contributed by atoms with Crippen LogP contribution in [-0.4, -0.2) is 31.7 Å². The Morgan fingerprint density at radius 1 is 1.18 bits per heavy atom. The van der Waals surface area contributed by atoms with E-state index in [-0.39, 0.29) is 17.9 Å². The topological polar surface area (TPSA) is 66.5 Å². The summed E-state index contributed by atoms with van der Waals surface area (Å²) in [5.74, 6) is -0.107. The first-order valence-electron chi connectivity index (χ1n) is 9.91. The van der Waals surface area contributed by atoms with Crippen LogP contribution in [0.5, 0.6) is 0 Å². The largest absolute Gasteiger partial charge is 0.349 e. The van der Waals surface area contributed by atoms with Gasteiger partial charge in [-0.3, -0.25) is 4.79 Å². The van der Waals surface area contributed by atoms with Gasteiger partial charge >= 0.3 is 0 Å². The van der Waals surface area contributed by atoms with Crippen LogP contribution in [0.4, 0.5) is 0 Å². The molecule has 1 aliphatic heterocycles. The standard InChI is InChI=1S/C21H26N2O3S2/c1-15(20-6-3-13-27-20)22-21(24)17-9-11-23(12-10-17)28(25,26)19-8-7-16-4-2-5-18(16)14-19/h3,6-8,13-15,17H,2,4-5,9-12H2,1H3,(H,22,24). The van der Waals surface area contributed by atoms with Crippen LogP contribution in [0, 0.1) is 5.92 Å². The summed E-state index contributed by atoms with van der Waals surface area (Å²) in [4.78, 5) is 14.1. The Labute approximate surface area is 170 Å². The van der Waals surface area contributed by atoms with Gasteiger partial charge in [0, 0.05) is 23.9 Å². The van der Waals surface area contributed by atoms with E-state index < -0.39 is 10.0 Å². The van der Waals surface area contributed by atoms with Gasteiger partial charge in [0.25, 0.3) is 0 Å². The van der Waals surface area contributed by atoms with Gasteiger partial charge in [-0.25, -0.2) is 8.42 Å². The van der Waals surface area contributed by atoms with E-state index in [9.17, 15) is 13.2 Å². The van der Waals surface area contributed by atoms with Crippen LogP contribution in [-0.2, 0) is 27.7 Å². The monoisotopic (exact) mass is 418 g/mol. The lowest BCUT2D eigenvalue weighted by atomic mass is 9.97. The van der Waals surface area contributed by atoms with Crippen LogP contribution < -0.4 is 5.32 Å². The van der Waals surface area contributed by atoms with Crippen molar-refractivity contribution in [1.29, 1.82) is 0 Å². The maximum absolute atomic E-state index is 13.0. The smallest absolute Gasteiger partial charge is 0.243 e. The Hall–Kier alpha value is -1.70. The third kappa shape index (κ3) is 3.88. The highest BCUT2D eigenvalue weighted by Crippen LogP contribution is 2.29. The van der Waals surface area contributed by atoms with E-state index in [4.69, 9.17) is 0 Å². The van der Waals surface area contributed by atoms with E-state index in [1.54, 1.807) is 17.4 Å². The number of amides is 1. The van der Waals surface area contributed by atoms with E-state index in [2.05, 4.69) is 5.32 Å². The second kappa shape index (κ2) is 7.97. The molecule has 0 spiro atoms. The highest BCUT2D eigenvalue weighted by atomic mass is 32.2. The first kappa shape index (κ1) is 19.6. The molecular weight excluding hydrogens is 392 g/mol. The summed E-state index contributed by atoms with van der Waals surface area (Å²) in [7, 11) is -3.49. The van der Waals surface area contributed by atoms with Crippen molar-refractivity contribution in [3.63, 3.8) is 0 Å². The fourth-order valence-electron chi connectivity index (χ4n) is 4.16. The molecule has 2 heterocycles. The number of rotatable bonds is 5. The summed E-state index contributed by atoms with van der Waals surface area (Å²) in [6.45, 7) is 2.77. The van der Waals surface area contributed by atoms with Crippen molar-refractivity contribution < 1.29 is 13.2 Å². The molecule has 1 aliphatic carbocycles. The number of hydrogen-bond donors (Lipinski definition) is 1. The number of fused-ring (bicyclic) bond motifs is 1. The number of nitrogens with zero attached hydrogens (tertiary/aromatic N) is 1. The number of carbonyl (C=O) groups is 1. The molecule has 5 nitrogen and oxygen atoms in total. The number of aryl methyl sites for hydroxylation is 2. The molecule has 1 fully saturated rings. The summed E-state index contributed by atoms with van der Waals surface area (Å²) in [6, 6.07) is 9.52. The van der Waals surface area contributed by atoms with E-state index in [0.29, 0.717) is 30.8 Å². The first-order valence-corrected chi connectivity index (χ1v) is 12.2. The average Bonchev–Trinajstić information content (AvgIpc) is 3.39. The zero-order valence-corrected chi connectivity index (χ0v) is 17.7. The normalized spacial score (nSPS) is 19.3. The molecule has 7 heteroatoms. The molecule has 2 aromatic rings. The molecule has 1 aromatic heterocycles. The van der Waals surface area contributed by atoms with Gasteiger partial charge in [-0.15, -0.1) is 11.3 Å². The Morgan fingerprint density at radius 2 is 1.93 bits per heavy atom. The maximum atomic E-state index is 13.0. The molecule has 0 radical (unpaired) electrons. The molecule has 28 heavy (non-hydrogen) atoms. The number of thiophene rings is 1. The fourth-order valence-corrected chi connectivity index (χ4v) is 6.41. The first-order chi connectivity index (χ1) is 13.4. The second-order valence-electron chi connectivity index (χ2n) is 7.71. The Bertz CT molecular complexity index is 946. The lowest BCUT2D eigenvalue weighted by Gasteiger charge is -2.31. The highest BCUT2D eigenvalue weighted by molar-refractivity contribution is 7.89. The zero-order chi connectivity index (χ0) is 19.7. The lowest BCUT2D eigenvalue weighted by molar-refractivity contribution is -0.126. The molecule has 1 amide bonds. The number of benzene rings is 1. The number of hydrogen-bond acceptors (Lipinski definition) is 4. The van der Waals surface area contributed by atoms with Crippen molar-refractivity contribution in [2.45, 2.75) is 50.0 Å². The Kier molecular flexibility index (Phi) is 5.58. The van der Waals surface area contributed by atoms with Gasteiger partial charge in [0.05, 0.1) is 10.9 Å². The van der Waals surface area contributed by atoms with Crippen LogP contribution in [0.25, 0.3) is 0 Å². The van der Waals surface area contributed by atoms with Gasteiger partial charge < -0.3 is 5.32 Å². The lowest BCUT2D eigenvalue weighted by Crippen LogP contribution is -2.43. The van der Waals surface area contributed by atoms with Gasteiger partial charge in [-0.1, -0.05) is 12.1 Å². The minimum absolute atomic E-state index is 0.0133. The zero-order valence-electron chi connectivity index (χ0n) is 16.1. The van der Waals surface area contributed by atoms with Gasteiger partial charge in [-0.05, 0) is 73.7 Å². The predicted molar refractivity (Wildman–Crippen MR) is 111 cm³/mol. The quantitative estimate of drug-likeness (QED) is 0.808. The molecular formula is C21H26N2O3S2. The summed E-state index contributed by atoms with van der Waals surface area (Å²) < 4.78 is 27.6. The molecule has 0 saturated carbocycles. The van der Waals surface area contributed by atoms with Crippen LogP contribution in [0.2, 0.25) is 0 Å². The molecule has 0 bridgehead atoms. The summed E-state index contributed by atoms with van der Waals surface area (Å²) in [5.41, 5.74) is 2.44. The van der Waals surface area contributed by atoms with Crippen molar-refractivity contribution >= 4 is 27.3 Å². The number of nitrogens with one attached hydrogen (secondary N) is 1. The molecule has 1 atom stereocenters. The SMILES string of the molecule is CC(NC(=O)C1CCN(S(=O)(=O)c2ccc3c(c2)CCC3)CC1)c1cccs1. The molecule has 1 unspecified atom stereocenters. The van der Waals surface area contributed by atoms with Crippen LogP contribution in [0.3, 0.4) is 0 Å². The molecule has 1 N–H and O–H groups in total. The Balaban J connectivity index is 1.37. The van der Waals surface area contributed by atoms with Crippen molar-refractivity contribution in [2.75, 3.05) is 13.1 Å². The number of piperidine rings is 1. The second-order valence-corrected chi connectivity index (χ2v) is 10.6. The molecule has 150 valence electrons. The van der Waals surface area contributed by atoms with Gasteiger partial charge in [0.2, 0.25) is 15.9 Å². The minimum Gasteiger partial charge on any atom is -0.349 e. The predicted octanol–water partition coefficient (Wildman–Crippen LogP) is 3.51. The van der Waals surface area contributed by atoms with E-state index in [1.807, 2.05) is 36.6 Å². The van der Waals surface area contributed by atoms with Crippen molar-refractivity contribution in [1.82, 2.24) is 9.62 Å². The van der Waals surface area contributed by atoms with Crippen molar-refractivity contribution in [2.24, 2.45) is 5.92 Å². The third-order valence-corrected chi connectivity index (χ3v) is 8.81. The molecule has 1 saturated heterocycles. The van der Waals surface area contributed by atoms with E-state index >= 15 is 0 Å². The fraction of sp³-hybridized carbons (Fsp3) is 0.476. The van der Waals surface area contributed by atoms with Crippen LogP contribution in [0.1, 0.15) is 48.2 Å². The van der Waals surface area contributed by atoms with E-state index in [0.717, 1.165) is 29.7 Å². The summed E-state index contributed by atoms with van der Waals surface area (Å²) in [6.07, 6.45) is 4.23. The summed E-state index contributed by atoms with van der Waals surface area (Å²) in [5, 5.41) is 5.07. The molecule has 2 aliphatic rings. The molecule has 4 rings (SSSR count). The summed E-state index contributed by atoms with van der Waals surface area (Å²) >= 11 is 1.63. The van der Waals surface area contributed by atoms with Gasteiger partial charge in [-0.2, -0.15) is 4.31 Å². The van der Waals surface area contributed by atoms with Crippen LogP contribution in [0.15, 0.2) is 40.6 Å². The Morgan fingerprint density at radius 3 is 2.64 bits per heavy atom. The van der Waals surface area contributed by atoms with Crippen molar-refractivity contribution in [3.8, 4) is 0 Å². The van der Waals surface area contributed by atoms with Crippen molar-refractivity contribution in [3.05, 3.63) is 51.7 Å². The van der Waals surface area contributed by atoms with Gasteiger partial charge in [0.15, 0.2) is 0 Å². The third-order valence-electron chi connectivity index (χ3n) is 5.86. The van der Waals surface area contributed by atoms with Crippen LogP contribution >= 0.6 is 11.3 Å². The van der Waals surface area contributed by atoms with Gasteiger partial charge in [0.1, 0.15) is 0 Å². The highest BCUT2D eigenvalue weighted by Gasteiger charge is 2.33. The minimum atomic E-state index is -3.49. The molecule has 1 aromatic carbocycles.